The van der Waals surface area contributed by atoms with Gasteiger partial charge in [0.25, 0.3) is 0 Å². The van der Waals surface area contributed by atoms with E-state index in [1.807, 2.05) is 0 Å². The standard InChI is InChI=1S/C13H23NO2/c1-8-3-4-10(7-9(8)2)14-12-6-5-11(12)13(15)16/h8-12,14H,3-7H2,1-2H3,(H,15,16). The first kappa shape index (κ1) is 11.9. The molecule has 0 radical (unpaired) electrons. The Hall–Kier alpha value is -0.570. The maximum absolute atomic E-state index is 10.9. The summed E-state index contributed by atoms with van der Waals surface area (Å²) in [6, 6.07) is 0.793. The number of carboxylic acids is 1. The fourth-order valence-electron chi connectivity index (χ4n) is 3.00. The molecule has 5 unspecified atom stereocenters. The van der Waals surface area contributed by atoms with Crippen molar-refractivity contribution in [3.8, 4) is 0 Å². The second kappa shape index (κ2) is 4.74. The van der Waals surface area contributed by atoms with Gasteiger partial charge in [-0.1, -0.05) is 13.8 Å². The Morgan fingerprint density at radius 3 is 2.38 bits per heavy atom. The molecule has 0 aromatic carbocycles. The van der Waals surface area contributed by atoms with Gasteiger partial charge in [0.1, 0.15) is 0 Å². The highest BCUT2D eigenvalue weighted by molar-refractivity contribution is 5.72. The number of hydrogen-bond acceptors (Lipinski definition) is 2. The molecule has 16 heavy (non-hydrogen) atoms. The van der Waals surface area contributed by atoms with Crippen molar-refractivity contribution in [2.45, 2.75) is 58.0 Å². The molecule has 2 N–H and O–H groups in total. The molecule has 2 fully saturated rings. The highest BCUT2D eigenvalue weighted by atomic mass is 16.4. The van der Waals surface area contributed by atoms with Gasteiger partial charge in [0, 0.05) is 12.1 Å². The van der Waals surface area contributed by atoms with Gasteiger partial charge in [-0.2, -0.15) is 0 Å². The number of aliphatic carboxylic acids is 1. The Labute approximate surface area is 97.6 Å². The summed E-state index contributed by atoms with van der Waals surface area (Å²) in [4.78, 5) is 10.9. The minimum Gasteiger partial charge on any atom is -0.481 e. The van der Waals surface area contributed by atoms with Gasteiger partial charge in [0.2, 0.25) is 0 Å². The second-order valence-electron chi connectivity index (χ2n) is 5.76. The molecule has 0 aromatic heterocycles. The lowest BCUT2D eigenvalue weighted by Crippen LogP contribution is -2.52. The van der Waals surface area contributed by atoms with Crippen molar-refractivity contribution in [1.29, 1.82) is 0 Å². The molecule has 5 atom stereocenters. The van der Waals surface area contributed by atoms with Crippen LogP contribution in [0.4, 0.5) is 0 Å². The van der Waals surface area contributed by atoms with Crippen LogP contribution in [0.3, 0.4) is 0 Å². The van der Waals surface area contributed by atoms with Crippen molar-refractivity contribution in [3.63, 3.8) is 0 Å². The molecule has 0 amide bonds. The third kappa shape index (κ3) is 2.40. The average Bonchev–Trinajstić information content (AvgIpc) is 2.17. The van der Waals surface area contributed by atoms with Crippen LogP contribution < -0.4 is 5.32 Å². The molecular formula is C13H23NO2. The van der Waals surface area contributed by atoms with Crippen molar-refractivity contribution in [3.05, 3.63) is 0 Å². The third-order valence-electron chi connectivity index (χ3n) is 4.64. The van der Waals surface area contributed by atoms with Crippen molar-refractivity contribution < 1.29 is 9.90 Å². The van der Waals surface area contributed by atoms with Crippen LogP contribution in [0.5, 0.6) is 0 Å². The minimum absolute atomic E-state index is 0.130. The van der Waals surface area contributed by atoms with Gasteiger partial charge >= 0.3 is 5.97 Å². The first-order valence-electron chi connectivity index (χ1n) is 6.56. The van der Waals surface area contributed by atoms with E-state index in [0.29, 0.717) is 6.04 Å². The van der Waals surface area contributed by atoms with Gasteiger partial charge in [-0.25, -0.2) is 0 Å². The van der Waals surface area contributed by atoms with E-state index >= 15 is 0 Å². The van der Waals surface area contributed by atoms with Crippen LogP contribution in [-0.2, 0) is 4.79 Å². The summed E-state index contributed by atoms with van der Waals surface area (Å²) < 4.78 is 0. The average molecular weight is 225 g/mol. The van der Waals surface area contributed by atoms with Crippen LogP contribution in [0.15, 0.2) is 0 Å². The first-order valence-corrected chi connectivity index (χ1v) is 6.56. The van der Waals surface area contributed by atoms with Gasteiger partial charge in [0.05, 0.1) is 5.92 Å². The molecule has 2 saturated carbocycles. The van der Waals surface area contributed by atoms with E-state index in [2.05, 4.69) is 19.2 Å². The molecular weight excluding hydrogens is 202 g/mol. The topological polar surface area (TPSA) is 49.3 Å². The summed E-state index contributed by atoms with van der Waals surface area (Å²) in [7, 11) is 0. The molecule has 92 valence electrons. The summed E-state index contributed by atoms with van der Waals surface area (Å²) >= 11 is 0. The van der Waals surface area contributed by atoms with Crippen LogP contribution in [0.2, 0.25) is 0 Å². The van der Waals surface area contributed by atoms with E-state index in [1.165, 1.54) is 19.3 Å². The quantitative estimate of drug-likeness (QED) is 0.774. The molecule has 2 rings (SSSR count). The Kier molecular flexibility index (Phi) is 3.53. The van der Waals surface area contributed by atoms with Gasteiger partial charge < -0.3 is 10.4 Å². The molecule has 0 bridgehead atoms. The van der Waals surface area contributed by atoms with Crippen molar-refractivity contribution in [1.82, 2.24) is 5.32 Å². The van der Waals surface area contributed by atoms with Gasteiger partial charge in [0.15, 0.2) is 0 Å². The highest BCUT2D eigenvalue weighted by Gasteiger charge is 2.38. The molecule has 0 aromatic rings. The number of rotatable bonds is 3. The van der Waals surface area contributed by atoms with Crippen molar-refractivity contribution in [2.24, 2.45) is 17.8 Å². The monoisotopic (exact) mass is 225 g/mol. The zero-order chi connectivity index (χ0) is 11.7. The molecule has 0 heterocycles. The zero-order valence-corrected chi connectivity index (χ0v) is 10.3. The molecule has 2 aliphatic carbocycles. The molecule has 2 aliphatic rings. The largest absolute Gasteiger partial charge is 0.481 e. The summed E-state index contributed by atoms with van der Waals surface area (Å²) in [6.45, 7) is 4.64. The number of carboxylic acid groups (broad SMARTS) is 1. The Morgan fingerprint density at radius 2 is 1.88 bits per heavy atom. The van der Waals surface area contributed by atoms with E-state index in [0.717, 1.165) is 24.7 Å². The lowest BCUT2D eigenvalue weighted by Gasteiger charge is -2.40. The second-order valence-corrected chi connectivity index (χ2v) is 5.76. The number of hydrogen-bond donors (Lipinski definition) is 2. The van der Waals surface area contributed by atoms with Crippen LogP contribution in [0, 0.1) is 17.8 Å². The highest BCUT2D eigenvalue weighted by Crippen LogP contribution is 2.33. The number of carbonyl (C=O) groups is 1. The van der Waals surface area contributed by atoms with E-state index in [1.54, 1.807) is 0 Å². The van der Waals surface area contributed by atoms with E-state index in [9.17, 15) is 4.79 Å². The van der Waals surface area contributed by atoms with E-state index in [-0.39, 0.29) is 12.0 Å². The lowest BCUT2D eigenvalue weighted by atomic mass is 9.75. The Morgan fingerprint density at radius 1 is 1.12 bits per heavy atom. The summed E-state index contributed by atoms with van der Waals surface area (Å²) in [5.41, 5.74) is 0. The summed E-state index contributed by atoms with van der Waals surface area (Å²) in [5, 5.41) is 12.5. The first-order chi connectivity index (χ1) is 7.58. The van der Waals surface area contributed by atoms with Crippen LogP contribution in [-0.4, -0.2) is 23.2 Å². The van der Waals surface area contributed by atoms with Gasteiger partial charge in [-0.05, 0) is 43.9 Å². The van der Waals surface area contributed by atoms with Crippen LogP contribution in [0.25, 0.3) is 0 Å². The van der Waals surface area contributed by atoms with E-state index < -0.39 is 5.97 Å². The molecule has 3 nitrogen and oxygen atoms in total. The summed E-state index contributed by atoms with van der Waals surface area (Å²) in [5.74, 6) is 0.847. The smallest absolute Gasteiger partial charge is 0.308 e. The number of nitrogens with one attached hydrogen (secondary N) is 1. The predicted molar refractivity (Wildman–Crippen MR) is 63.3 cm³/mol. The lowest BCUT2D eigenvalue weighted by molar-refractivity contribution is -0.146. The van der Waals surface area contributed by atoms with E-state index in [4.69, 9.17) is 5.11 Å². The molecule has 3 heteroatoms. The molecule has 0 saturated heterocycles. The maximum Gasteiger partial charge on any atom is 0.308 e. The van der Waals surface area contributed by atoms with Crippen molar-refractivity contribution >= 4 is 5.97 Å². The third-order valence-corrected chi connectivity index (χ3v) is 4.64. The maximum atomic E-state index is 10.9. The normalized spacial score (nSPS) is 43.8. The zero-order valence-electron chi connectivity index (χ0n) is 10.3. The predicted octanol–water partition coefficient (Wildman–Crippen LogP) is 2.26. The van der Waals surface area contributed by atoms with Crippen LogP contribution >= 0.6 is 0 Å². The SMILES string of the molecule is CC1CCC(NC2CCC2C(=O)O)CC1C. The minimum atomic E-state index is -0.624. The fourth-order valence-corrected chi connectivity index (χ4v) is 3.00. The van der Waals surface area contributed by atoms with Gasteiger partial charge in [-0.15, -0.1) is 0 Å². The van der Waals surface area contributed by atoms with Gasteiger partial charge in [-0.3, -0.25) is 4.79 Å². The van der Waals surface area contributed by atoms with Crippen molar-refractivity contribution in [2.75, 3.05) is 0 Å². The molecule has 0 aliphatic heterocycles. The molecule has 0 spiro atoms. The van der Waals surface area contributed by atoms with Crippen LogP contribution in [0.1, 0.15) is 46.0 Å². The Bertz CT molecular complexity index is 267. The summed E-state index contributed by atoms with van der Waals surface area (Å²) in [6.07, 6.45) is 5.60. The Balaban J connectivity index is 1.80. The fraction of sp³-hybridized carbons (Fsp3) is 0.923.